The van der Waals surface area contributed by atoms with Gasteiger partial charge in [0, 0.05) is 188 Å². The zero-order chi connectivity index (χ0) is 62.0. The molecular weight excluding hydrogens is 1090 g/mol. The largest absolute Gasteiger partial charge is 0.481 e. The first kappa shape index (κ1) is 66.4. The number of carboxylic acids is 1. The molecule has 0 aliphatic heterocycles. The summed E-state index contributed by atoms with van der Waals surface area (Å²) < 4.78 is 0. The van der Waals surface area contributed by atoms with Gasteiger partial charge >= 0.3 is 5.97 Å². The molecule has 0 spiro atoms. The second kappa shape index (κ2) is 33.0. The Kier molecular flexibility index (Phi) is 26.1. The molecule has 12 amide bonds. The second-order valence-corrected chi connectivity index (χ2v) is 18.4. The third kappa shape index (κ3) is 19.9. The lowest BCUT2D eigenvalue weighted by Crippen LogP contribution is -2.46. The van der Waals surface area contributed by atoms with Gasteiger partial charge in [0.15, 0.2) is 0 Å². The van der Waals surface area contributed by atoms with Crippen molar-refractivity contribution < 1.29 is 67.4 Å². The number of rotatable bonds is 30. The number of nitrogens with zero attached hydrogens (tertiary/aromatic N) is 2. The van der Waals surface area contributed by atoms with Gasteiger partial charge in [0.1, 0.15) is 0 Å². The van der Waals surface area contributed by atoms with Crippen molar-refractivity contribution in [1.82, 2.24) is 73.6 Å². The standard InChI is InChI=1S/C56H70N14O14/c1-57-45(73)32-20-33(46(74)58-2)24-39(23-32)53(81)65-10-14-69(15-11-66-54(82)40-25-34(47(75)59-3)21-35(26-40)48(76)60-4)18-19-70(16-12-67-55(83)41-27-36(49(77)61-5)22-37(28-41)50(78)62-6)17-13-68-56(84)43-30-38(51(79)63-7)29-42(31-43)52(80)64-9-8-44(71)72/h20-31H,8-19H2,1-7H3,(H,57,73)(H,58,74)(H,59,75)(H,60,76)(H,61,77)(H,62,78)(H,63,79)(H,64,80)(H,65,81)(H,66,82)(H,67,83)(H,68,84)(H,71,72). The van der Waals surface area contributed by atoms with Crippen molar-refractivity contribution >= 4 is 76.9 Å². The van der Waals surface area contributed by atoms with E-state index in [1.54, 1.807) is 0 Å². The van der Waals surface area contributed by atoms with E-state index >= 15 is 0 Å². The van der Waals surface area contributed by atoms with E-state index in [0.29, 0.717) is 0 Å². The van der Waals surface area contributed by atoms with Gasteiger partial charge in [0.25, 0.3) is 70.9 Å². The molecule has 448 valence electrons. The Bertz CT molecular complexity index is 2970. The van der Waals surface area contributed by atoms with Crippen molar-refractivity contribution in [2.75, 3.05) is 121 Å². The SMILES string of the molecule is CNC(=O)c1cc(C(=O)NC)cc(C(=O)NCCN(CCNC(=O)c2cc(C(=O)NC)cc(C(=O)NC)c2)CCN(CCNC(=O)c2cc(C(=O)NC)cc(C(=O)NC)c2)CCNC(=O)c2cc(C(=O)NC)cc(C(=O)NCCC(=O)O)c2)c1. The summed E-state index contributed by atoms with van der Waals surface area (Å²) in [5, 5.41) is 40.0. The number of aliphatic carboxylic acids is 1. The van der Waals surface area contributed by atoms with Gasteiger partial charge in [-0.25, -0.2) is 0 Å². The zero-order valence-corrected chi connectivity index (χ0v) is 47.6. The van der Waals surface area contributed by atoms with E-state index in [9.17, 15) is 62.3 Å². The number of hydrogen-bond acceptors (Lipinski definition) is 15. The maximum absolute atomic E-state index is 13.8. The average molecular weight is 1160 g/mol. The highest BCUT2D eigenvalue weighted by atomic mass is 16.4. The Hall–Kier alpha value is -10.1. The third-order valence-corrected chi connectivity index (χ3v) is 12.7. The molecule has 0 atom stereocenters. The number of benzene rings is 4. The molecule has 0 aliphatic carbocycles. The summed E-state index contributed by atoms with van der Waals surface area (Å²) in [7, 11) is 9.73. The van der Waals surface area contributed by atoms with E-state index in [2.05, 4.69) is 63.8 Å². The van der Waals surface area contributed by atoms with Crippen LogP contribution in [0.4, 0.5) is 0 Å². The molecule has 4 aromatic carbocycles. The predicted molar refractivity (Wildman–Crippen MR) is 306 cm³/mol. The van der Waals surface area contributed by atoms with Crippen molar-refractivity contribution in [2.24, 2.45) is 0 Å². The quantitative estimate of drug-likeness (QED) is 0.0269. The van der Waals surface area contributed by atoms with Crippen LogP contribution in [0.1, 0.15) is 131 Å². The van der Waals surface area contributed by atoms with E-state index in [4.69, 9.17) is 5.11 Å². The number of hydrogen-bond donors (Lipinski definition) is 13. The van der Waals surface area contributed by atoms with Gasteiger partial charge in [-0.2, -0.15) is 0 Å². The van der Waals surface area contributed by atoms with Crippen molar-refractivity contribution in [1.29, 1.82) is 0 Å². The maximum Gasteiger partial charge on any atom is 0.305 e. The molecule has 0 unspecified atom stereocenters. The first-order valence-electron chi connectivity index (χ1n) is 26.3. The van der Waals surface area contributed by atoms with E-state index in [0.717, 1.165) is 0 Å². The fourth-order valence-electron chi connectivity index (χ4n) is 8.15. The highest BCUT2D eigenvalue weighted by molar-refractivity contribution is 6.08. The Morgan fingerprint density at radius 1 is 0.262 bits per heavy atom. The van der Waals surface area contributed by atoms with E-state index in [1.165, 1.54) is 122 Å². The van der Waals surface area contributed by atoms with Crippen LogP contribution in [-0.4, -0.2) is 213 Å². The molecule has 13 N–H and O–H groups in total. The van der Waals surface area contributed by atoms with Crippen molar-refractivity contribution in [3.8, 4) is 0 Å². The topological polar surface area (TPSA) is 393 Å². The molecule has 0 fully saturated rings. The van der Waals surface area contributed by atoms with Gasteiger partial charge in [0.05, 0.1) is 6.42 Å². The van der Waals surface area contributed by atoms with Gasteiger partial charge < -0.3 is 68.9 Å². The minimum atomic E-state index is -1.15. The molecule has 4 aromatic rings. The molecule has 0 radical (unpaired) electrons. The number of amides is 12. The van der Waals surface area contributed by atoms with E-state index in [-0.39, 0.29) is 145 Å². The number of carboxylic acid groups (broad SMARTS) is 1. The molecule has 4 rings (SSSR count). The van der Waals surface area contributed by atoms with Crippen LogP contribution in [0, 0.1) is 0 Å². The smallest absolute Gasteiger partial charge is 0.305 e. The Balaban J connectivity index is 1.65. The van der Waals surface area contributed by atoms with Crippen molar-refractivity contribution in [3.05, 3.63) is 140 Å². The molecule has 0 aliphatic rings. The highest BCUT2D eigenvalue weighted by Crippen LogP contribution is 2.16. The molecule has 0 saturated carbocycles. The minimum Gasteiger partial charge on any atom is -0.481 e. The Morgan fingerprint density at radius 3 is 0.571 bits per heavy atom. The van der Waals surface area contributed by atoms with Crippen molar-refractivity contribution in [3.63, 3.8) is 0 Å². The van der Waals surface area contributed by atoms with E-state index in [1.807, 2.05) is 9.80 Å². The summed E-state index contributed by atoms with van der Waals surface area (Å²) in [5.74, 6) is -8.29. The first-order chi connectivity index (χ1) is 40.1. The summed E-state index contributed by atoms with van der Waals surface area (Å²) in [6, 6.07) is 15.8. The molecule has 84 heavy (non-hydrogen) atoms. The van der Waals surface area contributed by atoms with Gasteiger partial charge in [-0.15, -0.1) is 0 Å². The normalized spacial score (nSPS) is 10.6. The van der Waals surface area contributed by atoms with Crippen LogP contribution < -0.4 is 63.8 Å². The molecule has 28 heteroatoms. The molecule has 0 saturated heterocycles. The van der Waals surface area contributed by atoms with Crippen LogP contribution in [0.5, 0.6) is 0 Å². The summed E-state index contributed by atoms with van der Waals surface area (Å²) in [5.41, 5.74) is 0.187. The highest BCUT2D eigenvalue weighted by Gasteiger charge is 2.22. The van der Waals surface area contributed by atoms with Gasteiger partial charge in [-0.1, -0.05) is 0 Å². The zero-order valence-electron chi connectivity index (χ0n) is 47.6. The lowest BCUT2D eigenvalue weighted by atomic mass is 10.0. The molecular formula is C56H70N14O14. The lowest BCUT2D eigenvalue weighted by molar-refractivity contribution is -0.136. The maximum atomic E-state index is 13.8. The van der Waals surface area contributed by atoms with Crippen LogP contribution in [0.15, 0.2) is 72.8 Å². The lowest BCUT2D eigenvalue weighted by Gasteiger charge is -2.28. The fraction of sp³-hybridized carbons (Fsp3) is 0.339. The fourth-order valence-corrected chi connectivity index (χ4v) is 8.15. The summed E-state index contributed by atoms with van der Waals surface area (Å²) in [6.07, 6.45) is -0.375. The van der Waals surface area contributed by atoms with E-state index < -0.39 is 76.9 Å². The number of carbonyl (C=O) groups excluding carboxylic acids is 12. The third-order valence-electron chi connectivity index (χ3n) is 12.7. The molecule has 28 nitrogen and oxygen atoms in total. The predicted octanol–water partition coefficient (Wildman–Crippen LogP) is -1.97. The summed E-state index contributed by atoms with van der Waals surface area (Å²) >= 11 is 0. The Morgan fingerprint density at radius 2 is 0.417 bits per heavy atom. The Labute approximate surface area is 483 Å². The van der Waals surface area contributed by atoms with Gasteiger partial charge in [0.2, 0.25) is 0 Å². The number of carbonyl (C=O) groups is 13. The van der Waals surface area contributed by atoms with Crippen LogP contribution >= 0.6 is 0 Å². The van der Waals surface area contributed by atoms with Crippen LogP contribution in [-0.2, 0) is 4.79 Å². The molecule has 0 aromatic heterocycles. The minimum absolute atomic E-state index is 0.00752. The van der Waals surface area contributed by atoms with Crippen LogP contribution in [0.25, 0.3) is 0 Å². The second-order valence-electron chi connectivity index (χ2n) is 18.4. The summed E-state index contributed by atoms with van der Waals surface area (Å²) in [4.78, 5) is 171. The molecule has 0 bridgehead atoms. The summed E-state index contributed by atoms with van der Waals surface area (Å²) in [6.45, 7) is 0.590. The van der Waals surface area contributed by atoms with Crippen LogP contribution in [0.2, 0.25) is 0 Å². The monoisotopic (exact) mass is 1160 g/mol. The first-order valence-corrected chi connectivity index (χ1v) is 26.3. The average Bonchev–Trinajstić information content (AvgIpc) is 3.63. The van der Waals surface area contributed by atoms with Crippen molar-refractivity contribution in [2.45, 2.75) is 6.42 Å². The molecule has 0 heterocycles. The van der Waals surface area contributed by atoms with Gasteiger partial charge in [-0.05, 0) is 72.8 Å². The van der Waals surface area contributed by atoms with Gasteiger partial charge in [-0.3, -0.25) is 72.1 Å². The van der Waals surface area contributed by atoms with Crippen LogP contribution in [0.3, 0.4) is 0 Å². The number of nitrogens with one attached hydrogen (secondary N) is 12.